The Kier molecular flexibility index (Phi) is 6.47. The van der Waals surface area contributed by atoms with Crippen LogP contribution < -0.4 is 10.6 Å². The highest BCUT2D eigenvalue weighted by Crippen LogP contribution is 2.14. The van der Waals surface area contributed by atoms with Gasteiger partial charge in [0.2, 0.25) is 0 Å². The standard InChI is InChI=1S/C14H30N4/c1-6-15-14(17-12(4)11(2)3)16-10-13-8-7-9-18(13)5/h11-13H,6-10H2,1-5H3,(H2,15,16,17). The monoisotopic (exact) mass is 254 g/mol. The first kappa shape index (κ1) is 15.3. The summed E-state index contributed by atoms with van der Waals surface area (Å²) in [6.45, 7) is 11.8. The third-order valence-corrected chi connectivity index (χ3v) is 3.84. The third-order valence-electron chi connectivity index (χ3n) is 3.84. The van der Waals surface area contributed by atoms with Crippen LogP contribution in [0.2, 0.25) is 0 Å². The Labute approximate surface area is 112 Å². The zero-order valence-electron chi connectivity index (χ0n) is 12.7. The Morgan fingerprint density at radius 2 is 2.11 bits per heavy atom. The molecule has 0 bridgehead atoms. The van der Waals surface area contributed by atoms with E-state index < -0.39 is 0 Å². The van der Waals surface area contributed by atoms with Gasteiger partial charge in [0.15, 0.2) is 5.96 Å². The number of likely N-dealkylation sites (N-methyl/N-ethyl adjacent to an activating group) is 1. The molecule has 18 heavy (non-hydrogen) atoms. The lowest BCUT2D eigenvalue weighted by molar-refractivity contribution is 0.317. The van der Waals surface area contributed by atoms with Gasteiger partial charge in [0.25, 0.3) is 0 Å². The summed E-state index contributed by atoms with van der Waals surface area (Å²) >= 11 is 0. The first-order valence-electron chi connectivity index (χ1n) is 7.29. The second-order valence-corrected chi connectivity index (χ2v) is 5.67. The molecule has 1 heterocycles. The molecule has 1 saturated heterocycles. The molecule has 2 unspecified atom stereocenters. The van der Waals surface area contributed by atoms with Crippen LogP contribution in [-0.2, 0) is 0 Å². The van der Waals surface area contributed by atoms with Gasteiger partial charge < -0.3 is 15.5 Å². The normalized spacial score (nSPS) is 23.4. The maximum atomic E-state index is 4.72. The third kappa shape index (κ3) is 4.84. The van der Waals surface area contributed by atoms with Gasteiger partial charge in [0, 0.05) is 18.6 Å². The lowest BCUT2D eigenvalue weighted by Crippen LogP contribution is -2.44. The Balaban J connectivity index is 2.49. The van der Waals surface area contributed by atoms with E-state index in [1.165, 1.54) is 19.4 Å². The quantitative estimate of drug-likeness (QED) is 0.579. The minimum Gasteiger partial charge on any atom is -0.357 e. The van der Waals surface area contributed by atoms with Crippen molar-refractivity contribution in [2.24, 2.45) is 10.9 Å². The Morgan fingerprint density at radius 1 is 1.39 bits per heavy atom. The van der Waals surface area contributed by atoms with E-state index in [4.69, 9.17) is 4.99 Å². The van der Waals surface area contributed by atoms with Crippen LogP contribution in [-0.4, -0.2) is 49.6 Å². The second kappa shape index (κ2) is 7.62. The number of likely N-dealkylation sites (tertiary alicyclic amines) is 1. The molecule has 1 fully saturated rings. The summed E-state index contributed by atoms with van der Waals surface area (Å²) in [5.41, 5.74) is 0. The number of nitrogens with one attached hydrogen (secondary N) is 2. The summed E-state index contributed by atoms with van der Waals surface area (Å²) in [6.07, 6.45) is 2.59. The van der Waals surface area contributed by atoms with Crippen molar-refractivity contribution in [2.75, 3.05) is 26.7 Å². The van der Waals surface area contributed by atoms with Gasteiger partial charge >= 0.3 is 0 Å². The lowest BCUT2D eigenvalue weighted by atomic mass is 10.1. The molecule has 4 heteroatoms. The number of guanidine groups is 1. The second-order valence-electron chi connectivity index (χ2n) is 5.67. The molecule has 4 nitrogen and oxygen atoms in total. The van der Waals surface area contributed by atoms with Crippen molar-refractivity contribution in [3.05, 3.63) is 0 Å². The lowest BCUT2D eigenvalue weighted by Gasteiger charge is -2.22. The van der Waals surface area contributed by atoms with Gasteiger partial charge in [-0.25, -0.2) is 0 Å². The molecule has 2 N–H and O–H groups in total. The molecular weight excluding hydrogens is 224 g/mol. The van der Waals surface area contributed by atoms with Crippen molar-refractivity contribution in [1.82, 2.24) is 15.5 Å². The number of aliphatic imine (C=N–C) groups is 1. The van der Waals surface area contributed by atoms with Gasteiger partial charge in [0.05, 0.1) is 6.54 Å². The average Bonchev–Trinajstić information content (AvgIpc) is 2.72. The van der Waals surface area contributed by atoms with Crippen LogP contribution in [0.15, 0.2) is 4.99 Å². The van der Waals surface area contributed by atoms with E-state index in [1.54, 1.807) is 0 Å². The van der Waals surface area contributed by atoms with Crippen molar-refractivity contribution in [1.29, 1.82) is 0 Å². The Hall–Kier alpha value is -0.770. The first-order chi connectivity index (χ1) is 8.54. The fourth-order valence-electron chi connectivity index (χ4n) is 2.11. The molecule has 1 rings (SSSR count). The molecule has 1 aliphatic rings. The molecule has 0 spiro atoms. The number of nitrogens with zero attached hydrogens (tertiary/aromatic N) is 2. The van der Waals surface area contributed by atoms with Gasteiger partial charge in [0.1, 0.15) is 0 Å². The molecule has 2 atom stereocenters. The van der Waals surface area contributed by atoms with Crippen LogP contribution in [0.3, 0.4) is 0 Å². The van der Waals surface area contributed by atoms with E-state index in [0.717, 1.165) is 19.0 Å². The van der Waals surface area contributed by atoms with Gasteiger partial charge in [-0.05, 0) is 46.2 Å². The van der Waals surface area contributed by atoms with Gasteiger partial charge in [-0.15, -0.1) is 0 Å². The predicted molar refractivity (Wildman–Crippen MR) is 79.1 cm³/mol. The van der Waals surface area contributed by atoms with E-state index in [9.17, 15) is 0 Å². The molecule has 0 aliphatic carbocycles. The maximum Gasteiger partial charge on any atom is 0.191 e. The largest absolute Gasteiger partial charge is 0.357 e. The van der Waals surface area contributed by atoms with Crippen molar-refractivity contribution in [3.8, 4) is 0 Å². The van der Waals surface area contributed by atoms with Crippen LogP contribution in [0.1, 0.15) is 40.5 Å². The molecule has 0 saturated carbocycles. The molecule has 1 aliphatic heterocycles. The number of hydrogen-bond acceptors (Lipinski definition) is 2. The molecule has 106 valence electrons. The van der Waals surface area contributed by atoms with E-state index in [0.29, 0.717) is 18.0 Å². The van der Waals surface area contributed by atoms with Crippen molar-refractivity contribution >= 4 is 5.96 Å². The summed E-state index contributed by atoms with van der Waals surface area (Å²) in [7, 11) is 2.20. The SMILES string of the molecule is CCNC(=NCC1CCCN1C)NC(C)C(C)C. The summed E-state index contributed by atoms with van der Waals surface area (Å²) in [4.78, 5) is 7.14. The highest BCUT2D eigenvalue weighted by Gasteiger charge is 2.20. The summed E-state index contributed by atoms with van der Waals surface area (Å²) < 4.78 is 0. The van der Waals surface area contributed by atoms with E-state index in [-0.39, 0.29) is 0 Å². The molecule has 0 radical (unpaired) electrons. The van der Waals surface area contributed by atoms with Crippen molar-refractivity contribution in [2.45, 2.75) is 52.6 Å². The fourth-order valence-corrected chi connectivity index (χ4v) is 2.11. The Bertz CT molecular complexity index is 263. The molecule has 0 aromatic heterocycles. The zero-order valence-corrected chi connectivity index (χ0v) is 12.7. The minimum atomic E-state index is 0.448. The Morgan fingerprint density at radius 3 is 2.61 bits per heavy atom. The summed E-state index contributed by atoms with van der Waals surface area (Å²) in [5, 5.41) is 6.80. The average molecular weight is 254 g/mol. The molecular formula is C14H30N4. The maximum absolute atomic E-state index is 4.72. The summed E-state index contributed by atoms with van der Waals surface area (Å²) in [5.74, 6) is 1.57. The van der Waals surface area contributed by atoms with Crippen molar-refractivity contribution in [3.63, 3.8) is 0 Å². The first-order valence-corrected chi connectivity index (χ1v) is 7.29. The fraction of sp³-hybridized carbons (Fsp3) is 0.929. The van der Waals surface area contributed by atoms with Crippen LogP contribution in [0.4, 0.5) is 0 Å². The highest BCUT2D eigenvalue weighted by molar-refractivity contribution is 5.80. The van der Waals surface area contributed by atoms with E-state index in [1.807, 2.05) is 0 Å². The van der Waals surface area contributed by atoms with E-state index >= 15 is 0 Å². The van der Waals surface area contributed by atoms with Crippen LogP contribution in [0.5, 0.6) is 0 Å². The van der Waals surface area contributed by atoms with Crippen LogP contribution >= 0.6 is 0 Å². The topological polar surface area (TPSA) is 39.7 Å². The molecule has 0 amide bonds. The predicted octanol–water partition coefficient (Wildman–Crippen LogP) is 1.68. The zero-order chi connectivity index (χ0) is 13.5. The van der Waals surface area contributed by atoms with Gasteiger partial charge in [-0.1, -0.05) is 13.8 Å². The highest BCUT2D eigenvalue weighted by atomic mass is 15.2. The number of rotatable bonds is 5. The molecule has 0 aromatic carbocycles. The van der Waals surface area contributed by atoms with E-state index in [2.05, 4.69) is 50.3 Å². The molecule has 0 aromatic rings. The van der Waals surface area contributed by atoms with Gasteiger partial charge in [-0.3, -0.25) is 4.99 Å². The number of hydrogen-bond donors (Lipinski definition) is 2. The van der Waals surface area contributed by atoms with Crippen LogP contribution in [0.25, 0.3) is 0 Å². The smallest absolute Gasteiger partial charge is 0.191 e. The van der Waals surface area contributed by atoms with Crippen LogP contribution in [0, 0.1) is 5.92 Å². The van der Waals surface area contributed by atoms with Gasteiger partial charge in [-0.2, -0.15) is 0 Å². The summed E-state index contributed by atoms with van der Waals surface area (Å²) in [6, 6.07) is 1.07. The minimum absolute atomic E-state index is 0.448. The van der Waals surface area contributed by atoms with Crippen molar-refractivity contribution < 1.29 is 0 Å².